The average molecular weight is 371 g/mol. The molecule has 2 aromatic heterocycles. The SMILES string of the molecule is Cc1ccc(C)c(-n2cc(CN(C)Cc3ncc[nH]3)c(-c3ccccc3)n2)c1. The Morgan fingerprint density at radius 1 is 1.04 bits per heavy atom. The van der Waals surface area contributed by atoms with E-state index in [1.807, 2.05) is 16.9 Å². The quantitative estimate of drug-likeness (QED) is 0.542. The molecule has 0 amide bonds. The van der Waals surface area contributed by atoms with Crippen LogP contribution in [0, 0.1) is 13.8 Å². The molecule has 0 atom stereocenters. The van der Waals surface area contributed by atoms with Crippen LogP contribution >= 0.6 is 0 Å². The Hall–Kier alpha value is -3.18. The third kappa shape index (κ3) is 3.89. The molecule has 4 rings (SSSR count). The molecule has 0 saturated carbocycles. The smallest absolute Gasteiger partial charge is 0.120 e. The van der Waals surface area contributed by atoms with Gasteiger partial charge in [-0.05, 0) is 38.1 Å². The molecule has 1 N–H and O–H groups in total. The second kappa shape index (κ2) is 7.82. The van der Waals surface area contributed by atoms with Gasteiger partial charge in [0, 0.05) is 36.3 Å². The molecule has 28 heavy (non-hydrogen) atoms. The monoisotopic (exact) mass is 371 g/mol. The number of imidazole rings is 1. The molecular formula is C23H25N5. The van der Waals surface area contributed by atoms with E-state index in [2.05, 4.69) is 84.4 Å². The number of benzene rings is 2. The first-order valence-electron chi connectivity index (χ1n) is 9.48. The maximum atomic E-state index is 4.97. The number of hydrogen-bond donors (Lipinski definition) is 1. The summed E-state index contributed by atoms with van der Waals surface area (Å²) in [5, 5.41) is 4.97. The maximum Gasteiger partial charge on any atom is 0.120 e. The molecule has 0 spiro atoms. The van der Waals surface area contributed by atoms with Gasteiger partial charge in [-0.2, -0.15) is 5.10 Å². The lowest BCUT2D eigenvalue weighted by molar-refractivity contribution is 0.312. The number of nitrogens with one attached hydrogen (secondary N) is 1. The van der Waals surface area contributed by atoms with E-state index in [1.165, 1.54) is 16.7 Å². The molecule has 0 unspecified atom stereocenters. The molecule has 2 heterocycles. The molecule has 4 aromatic rings. The lowest BCUT2D eigenvalue weighted by atomic mass is 10.1. The standard InChI is InChI=1S/C23H25N5/c1-17-9-10-18(2)21(13-17)28-15-20(14-27(3)16-22-24-11-12-25-22)23(26-28)19-7-5-4-6-8-19/h4-13,15H,14,16H2,1-3H3,(H,24,25). The molecule has 0 bridgehead atoms. The van der Waals surface area contributed by atoms with Crippen LogP contribution in [-0.4, -0.2) is 31.7 Å². The predicted molar refractivity (Wildman–Crippen MR) is 112 cm³/mol. The van der Waals surface area contributed by atoms with E-state index in [0.29, 0.717) is 0 Å². The van der Waals surface area contributed by atoms with Gasteiger partial charge >= 0.3 is 0 Å². The first-order chi connectivity index (χ1) is 13.6. The van der Waals surface area contributed by atoms with E-state index < -0.39 is 0 Å². The zero-order valence-electron chi connectivity index (χ0n) is 16.6. The van der Waals surface area contributed by atoms with E-state index >= 15 is 0 Å². The van der Waals surface area contributed by atoms with Gasteiger partial charge in [-0.25, -0.2) is 9.67 Å². The summed E-state index contributed by atoms with van der Waals surface area (Å²) in [4.78, 5) is 9.75. The number of rotatable bonds is 6. The van der Waals surface area contributed by atoms with Crippen molar-refractivity contribution in [1.82, 2.24) is 24.6 Å². The van der Waals surface area contributed by atoms with Crippen molar-refractivity contribution in [3.05, 3.63) is 89.6 Å². The molecule has 142 valence electrons. The number of hydrogen-bond acceptors (Lipinski definition) is 3. The molecule has 2 aromatic carbocycles. The van der Waals surface area contributed by atoms with E-state index in [-0.39, 0.29) is 0 Å². The van der Waals surface area contributed by atoms with Crippen LogP contribution in [0.2, 0.25) is 0 Å². The summed E-state index contributed by atoms with van der Waals surface area (Å²) in [6.45, 7) is 5.79. The molecule has 0 aliphatic rings. The van der Waals surface area contributed by atoms with Crippen LogP contribution in [0.25, 0.3) is 16.9 Å². The van der Waals surface area contributed by atoms with Crippen molar-refractivity contribution in [1.29, 1.82) is 0 Å². The molecule has 0 radical (unpaired) electrons. The second-order valence-corrected chi connectivity index (χ2v) is 7.31. The molecular weight excluding hydrogens is 346 g/mol. The van der Waals surface area contributed by atoms with Gasteiger partial charge in [0.15, 0.2) is 0 Å². The lowest BCUT2D eigenvalue weighted by Crippen LogP contribution is -2.18. The van der Waals surface area contributed by atoms with Gasteiger partial charge in [-0.3, -0.25) is 4.90 Å². The van der Waals surface area contributed by atoms with Crippen LogP contribution in [0.15, 0.2) is 67.1 Å². The molecule has 0 aliphatic carbocycles. The van der Waals surface area contributed by atoms with E-state index in [0.717, 1.165) is 35.9 Å². The topological polar surface area (TPSA) is 49.7 Å². The van der Waals surface area contributed by atoms with Crippen molar-refractivity contribution in [3.8, 4) is 16.9 Å². The van der Waals surface area contributed by atoms with E-state index in [1.54, 1.807) is 6.20 Å². The summed E-state index contributed by atoms with van der Waals surface area (Å²) in [7, 11) is 2.10. The van der Waals surface area contributed by atoms with Gasteiger partial charge in [0.2, 0.25) is 0 Å². The van der Waals surface area contributed by atoms with Crippen LogP contribution < -0.4 is 0 Å². The second-order valence-electron chi connectivity index (χ2n) is 7.31. The molecule has 0 saturated heterocycles. The fourth-order valence-corrected chi connectivity index (χ4v) is 3.44. The number of aromatic amines is 1. The Morgan fingerprint density at radius 2 is 1.86 bits per heavy atom. The fraction of sp³-hybridized carbons (Fsp3) is 0.217. The zero-order valence-corrected chi connectivity index (χ0v) is 16.6. The normalized spacial score (nSPS) is 11.3. The number of aromatic nitrogens is 4. The average Bonchev–Trinajstić information content (AvgIpc) is 3.34. The Bertz CT molecular complexity index is 1050. The number of aryl methyl sites for hydroxylation is 2. The van der Waals surface area contributed by atoms with Crippen LogP contribution in [-0.2, 0) is 13.1 Å². The highest BCUT2D eigenvalue weighted by Crippen LogP contribution is 2.26. The van der Waals surface area contributed by atoms with Crippen molar-refractivity contribution in [2.45, 2.75) is 26.9 Å². The highest BCUT2D eigenvalue weighted by molar-refractivity contribution is 5.63. The predicted octanol–water partition coefficient (Wildman–Crippen LogP) is 4.51. The van der Waals surface area contributed by atoms with E-state index in [4.69, 9.17) is 5.10 Å². The van der Waals surface area contributed by atoms with Gasteiger partial charge in [-0.1, -0.05) is 42.5 Å². The summed E-state index contributed by atoms with van der Waals surface area (Å²) in [5.41, 5.74) is 6.91. The molecule has 0 fully saturated rings. The minimum absolute atomic E-state index is 0.760. The third-order valence-electron chi connectivity index (χ3n) is 4.86. The van der Waals surface area contributed by atoms with Crippen molar-refractivity contribution < 1.29 is 0 Å². The minimum Gasteiger partial charge on any atom is -0.348 e. The molecule has 5 nitrogen and oxygen atoms in total. The van der Waals surface area contributed by atoms with Crippen LogP contribution in [0.3, 0.4) is 0 Å². The first kappa shape index (κ1) is 18.2. The van der Waals surface area contributed by atoms with Crippen LogP contribution in [0.1, 0.15) is 22.5 Å². The van der Waals surface area contributed by atoms with Crippen molar-refractivity contribution in [2.75, 3.05) is 7.05 Å². The third-order valence-corrected chi connectivity index (χ3v) is 4.86. The summed E-state index contributed by atoms with van der Waals surface area (Å²) < 4.78 is 2.01. The summed E-state index contributed by atoms with van der Waals surface area (Å²) in [5.74, 6) is 0.964. The Kier molecular flexibility index (Phi) is 5.08. The Balaban J connectivity index is 1.71. The van der Waals surface area contributed by atoms with Gasteiger partial charge in [0.05, 0.1) is 17.9 Å². The van der Waals surface area contributed by atoms with Gasteiger partial charge in [-0.15, -0.1) is 0 Å². The van der Waals surface area contributed by atoms with Crippen LogP contribution in [0.5, 0.6) is 0 Å². The lowest BCUT2D eigenvalue weighted by Gasteiger charge is -2.15. The Morgan fingerprint density at radius 3 is 2.61 bits per heavy atom. The van der Waals surface area contributed by atoms with Crippen LogP contribution in [0.4, 0.5) is 0 Å². The summed E-state index contributed by atoms with van der Waals surface area (Å²) in [6.07, 6.45) is 5.80. The fourth-order valence-electron chi connectivity index (χ4n) is 3.44. The largest absolute Gasteiger partial charge is 0.348 e. The summed E-state index contributed by atoms with van der Waals surface area (Å²) >= 11 is 0. The number of nitrogens with zero attached hydrogens (tertiary/aromatic N) is 4. The molecule has 5 heteroatoms. The van der Waals surface area contributed by atoms with E-state index in [9.17, 15) is 0 Å². The zero-order chi connectivity index (χ0) is 19.5. The van der Waals surface area contributed by atoms with Crippen molar-refractivity contribution >= 4 is 0 Å². The van der Waals surface area contributed by atoms with Gasteiger partial charge < -0.3 is 4.98 Å². The Labute approximate surface area is 165 Å². The first-order valence-corrected chi connectivity index (χ1v) is 9.48. The van der Waals surface area contributed by atoms with Crippen molar-refractivity contribution in [2.24, 2.45) is 0 Å². The minimum atomic E-state index is 0.760. The summed E-state index contributed by atoms with van der Waals surface area (Å²) in [6, 6.07) is 16.9. The van der Waals surface area contributed by atoms with Gasteiger partial charge in [0.1, 0.15) is 5.82 Å². The van der Waals surface area contributed by atoms with Gasteiger partial charge in [0.25, 0.3) is 0 Å². The highest BCUT2D eigenvalue weighted by Gasteiger charge is 2.15. The van der Waals surface area contributed by atoms with Crippen molar-refractivity contribution in [3.63, 3.8) is 0 Å². The maximum absolute atomic E-state index is 4.97. The number of H-pyrrole nitrogens is 1. The highest BCUT2D eigenvalue weighted by atomic mass is 15.3. The molecule has 0 aliphatic heterocycles.